The van der Waals surface area contributed by atoms with Crippen LogP contribution in [0.2, 0.25) is 0 Å². The molecule has 9 nitrogen and oxygen atoms in total. The lowest BCUT2D eigenvalue weighted by Gasteiger charge is -2.07. The molecule has 2 aromatic heterocycles. The highest BCUT2D eigenvalue weighted by molar-refractivity contribution is 5.94. The Morgan fingerprint density at radius 2 is 1.96 bits per heavy atom. The molecule has 0 fully saturated rings. The molecule has 2 amide bonds. The highest BCUT2D eigenvalue weighted by Crippen LogP contribution is 2.04. The van der Waals surface area contributed by atoms with Crippen molar-refractivity contribution in [2.75, 3.05) is 26.8 Å². The lowest BCUT2D eigenvalue weighted by atomic mass is 10.2. The number of nitrogens with zero attached hydrogens (tertiary/aromatic N) is 4. The molecule has 0 saturated heterocycles. The van der Waals surface area contributed by atoms with Gasteiger partial charge in [-0.05, 0) is 12.1 Å². The van der Waals surface area contributed by atoms with Gasteiger partial charge in [-0.2, -0.15) is 0 Å². The minimum atomic E-state index is -0.280. The molecule has 0 aliphatic rings. The Kier molecular flexibility index (Phi) is 6.18. The van der Waals surface area contributed by atoms with Crippen molar-refractivity contribution < 1.29 is 14.3 Å². The van der Waals surface area contributed by atoms with Crippen molar-refractivity contribution in [1.82, 2.24) is 30.4 Å². The van der Waals surface area contributed by atoms with Gasteiger partial charge < -0.3 is 15.4 Å². The predicted molar refractivity (Wildman–Crippen MR) is 81.0 cm³/mol. The molecule has 0 spiro atoms. The summed E-state index contributed by atoms with van der Waals surface area (Å²) in [4.78, 5) is 27.6. The second kappa shape index (κ2) is 8.59. The second-order valence-electron chi connectivity index (χ2n) is 4.62. The molecule has 122 valence electrons. The van der Waals surface area contributed by atoms with E-state index in [1.54, 1.807) is 23.8 Å². The molecule has 2 heterocycles. The van der Waals surface area contributed by atoms with Crippen molar-refractivity contribution in [2.24, 2.45) is 0 Å². The molecule has 2 aromatic rings. The van der Waals surface area contributed by atoms with Gasteiger partial charge in [0.05, 0.1) is 12.2 Å². The van der Waals surface area contributed by atoms with E-state index in [0.29, 0.717) is 24.5 Å². The van der Waals surface area contributed by atoms with Gasteiger partial charge in [0, 0.05) is 32.8 Å². The number of aromatic nitrogens is 4. The van der Waals surface area contributed by atoms with Crippen LogP contribution in [0.25, 0.3) is 5.82 Å². The Labute approximate surface area is 133 Å². The summed E-state index contributed by atoms with van der Waals surface area (Å²) in [7, 11) is 1.56. The maximum absolute atomic E-state index is 12.0. The predicted octanol–water partition coefficient (Wildman–Crippen LogP) is -0.455. The van der Waals surface area contributed by atoms with E-state index in [-0.39, 0.29) is 24.8 Å². The molecular formula is C14H18N6O3. The smallest absolute Gasteiger partial charge is 0.252 e. The molecular weight excluding hydrogens is 300 g/mol. The number of nitrogens with one attached hydrogen (secondary N) is 2. The molecule has 0 bridgehead atoms. The van der Waals surface area contributed by atoms with Crippen LogP contribution < -0.4 is 10.6 Å². The van der Waals surface area contributed by atoms with Crippen LogP contribution in [0.1, 0.15) is 16.8 Å². The average Bonchev–Trinajstić information content (AvgIpc) is 3.09. The highest BCUT2D eigenvalue weighted by atomic mass is 16.5. The molecule has 0 aliphatic heterocycles. The van der Waals surface area contributed by atoms with Crippen LogP contribution in [0.3, 0.4) is 0 Å². The first-order valence-corrected chi connectivity index (χ1v) is 7.05. The summed E-state index contributed by atoms with van der Waals surface area (Å²) in [5.74, 6) is 0.199. The number of carbonyl (C=O) groups excluding carboxylic acids is 2. The van der Waals surface area contributed by atoms with E-state index in [4.69, 9.17) is 4.74 Å². The van der Waals surface area contributed by atoms with Gasteiger partial charge in [-0.3, -0.25) is 14.2 Å². The first-order chi connectivity index (χ1) is 11.2. The lowest BCUT2D eigenvalue weighted by Crippen LogP contribution is -2.32. The summed E-state index contributed by atoms with van der Waals surface area (Å²) in [6.45, 7) is 1.17. The van der Waals surface area contributed by atoms with Crippen LogP contribution in [-0.2, 0) is 9.53 Å². The fraction of sp³-hybridized carbons (Fsp3) is 0.357. The number of amides is 2. The zero-order chi connectivity index (χ0) is 16.5. The molecule has 0 aromatic carbocycles. The third-order valence-corrected chi connectivity index (χ3v) is 2.96. The summed E-state index contributed by atoms with van der Waals surface area (Å²) in [5.41, 5.74) is 0.418. The topological polar surface area (TPSA) is 111 Å². The third-order valence-electron chi connectivity index (χ3n) is 2.96. The zero-order valence-electron chi connectivity index (χ0n) is 12.7. The largest absolute Gasteiger partial charge is 0.383 e. The standard InChI is InChI=1S/C14H18N6O3/c1-23-7-6-15-13(21)4-5-16-14(22)11-2-3-12(17-8-11)20-9-18-19-10-20/h2-3,8-10H,4-7H2,1H3,(H,15,21)(H,16,22). The van der Waals surface area contributed by atoms with Crippen LogP contribution >= 0.6 is 0 Å². The quantitative estimate of drug-likeness (QED) is 0.637. The van der Waals surface area contributed by atoms with E-state index in [0.717, 1.165) is 0 Å². The molecule has 2 rings (SSSR count). The maximum Gasteiger partial charge on any atom is 0.252 e. The summed E-state index contributed by atoms with van der Waals surface area (Å²) in [6.07, 6.45) is 4.71. The van der Waals surface area contributed by atoms with Crippen molar-refractivity contribution in [3.63, 3.8) is 0 Å². The van der Waals surface area contributed by atoms with Crippen LogP contribution in [0.15, 0.2) is 31.0 Å². The van der Waals surface area contributed by atoms with Crippen molar-refractivity contribution >= 4 is 11.8 Å². The second-order valence-corrected chi connectivity index (χ2v) is 4.62. The number of hydrogen-bond acceptors (Lipinski definition) is 6. The van der Waals surface area contributed by atoms with E-state index < -0.39 is 0 Å². The monoisotopic (exact) mass is 318 g/mol. The van der Waals surface area contributed by atoms with E-state index >= 15 is 0 Å². The molecule has 0 unspecified atom stereocenters. The third kappa shape index (κ3) is 5.15. The van der Waals surface area contributed by atoms with Crippen LogP contribution in [0, 0.1) is 0 Å². The van der Waals surface area contributed by atoms with E-state index in [2.05, 4.69) is 25.8 Å². The number of ether oxygens (including phenoxy) is 1. The number of carbonyl (C=O) groups is 2. The number of pyridine rings is 1. The van der Waals surface area contributed by atoms with Crippen molar-refractivity contribution in [1.29, 1.82) is 0 Å². The first kappa shape index (κ1) is 16.6. The number of hydrogen-bond donors (Lipinski definition) is 2. The Morgan fingerprint density at radius 3 is 2.61 bits per heavy atom. The van der Waals surface area contributed by atoms with Gasteiger partial charge in [0.2, 0.25) is 5.91 Å². The summed E-state index contributed by atoms with van der Waals surface area (Å²) >= 11 is 0. The van der Waals surface area contributed by atoms with Gasteiger partial charge in [-0.1, -0.05) is 0 Å². The Bertz CT molecular complexity index is 626. The summed E-state index contributed by atoms with van der Waals surface area (Å²) in [5, 5.41) is 12.7. The Balaban J connectivity index is 1.76. The molecule has 0 aliphatic carbocycles. The molecule has 0 radical (unpaired) electrons. The van der Waals surface area contributed by atoms with Gasteiger partial charge in [-0.25, -0.2) is 4.98 Å². The molecule has 23 heavy (non-hydrogen) atoms. The molecule has 0 saturated carbocycles. The Hall–Kier alpha value is -2.81. The fourth-order valence-corrected chi connectivity index (χ4v) is 1.76. The van der Waals surface area contributed by atoms with Gasteiger partial charge in [-0.15, -0.1) is 10.2 Å². The first-order valence-electron chi connectivity index (χ1n) is 7.05. The van der Waals surface area contributed by atoms with Gasteiger partial charge in [0.1, 0.15) is 18.5 Å². The summed E-state index contributed by atoms with van der Waals surface area (Å²) in [6, 6.07) is 3.34. The normalized spacial score (nSPS) is 10.3. The number of rotatable bonds is 8. The molecule has 2 N–H and O–H groups in total. The molecule has 9 heteroatoms. The van der Waals surface area contributed by atoms with Crippen LogP contribution in [-0.4, -0.2) is 58.4 Å². The van der Waals surface area contributed by atoms with Crippen molar-refractivity contribution in [3.05, 3.63) is 36.5 Å². The molecule has 0 atom stereocenters. The number of methoxy groups -OCH3 is 1. The zero-order valence-corrected chi connectivity index (χ0v) is 12.7. The minimum Gasteiger partial charge on any atom is -0.383 e. The van der Waals surface area contributed by atoms with Crippen molar-refractivity contribution in [2.45, 2.75) is 6.42 Å². The fourth-order valence-electron chi connectivity index (χ4n) is 1.76. The van der Waals surface area contributed by atoms with Crippen LogP contribution in [0.5, 0.6) is 0 Å². The minimum absolute atomic E-state index is 0.136. The van der Waals surface area contributed by atoms with Gasteiger partial charge in [0.15, 0.2) is 0 Å². The highest BCUT2D eigenvalue weighted by Gasteiger charge is 2.08. The Morgan fingerprint density at radius 1 is 1.17 bits per heavy atom. The summed E-state index contributed by atoms with van der Waals surface area (Å²) < 4.78 is 6.46. The maximum atomic E-state index is 12.0. The van der Waals surface area contributed by atoms with Gasteiger partial charge >= 0.3 is 0 Å². The van der Waals surface area contributed by atoms with Crippen molar-refractivity contribution in [3.8, 4) is 5.82 Å². The van der Waals surface area contributed by atoms with Gasteiger partial charge in [0.25, 0.3) is 5.91 Å². The van der Waals surface area contributed by atoms with E-state index in [9.17, 15) is 9.59 Å². The van der Waals surface area contributed by atoms with E-state index in [1.807, 2.05) is 0 Å². The van der Waals surface area contributed by atoms with E-state index in [1.165, 1.54) is 18.9 Å². The van der Waals surface area contributed by atoms with Crippen LogP contribution in [0.4, 0.5) is 0 Å². The SMILES string of the molecule is COCCNC(=O)CCNC(=O)c1ccc(-n2cnnc2)nc1. The lowest BCUT2D eigenvalue weighted by molar-refractivity contribution is -0.121. The average molecular weight is 318 g/mol.